The minimum Gasteiger partial charge on any atom is -0.467 e. The molecule has 0 heterocycles. The van der Waals surface area contributed by atoms with E-state index in [-0.39, 0.29) is 30.2 Å². The molecule has 0 radical (unpaired) electrons. The lowest BCUT2D eigenvalue weighted by Crippen LogP contribution is -2.55. The molecule has 0 aromatic carbocycles. The van der Waals surface area contributed by atoms with Crippen LogP contribution in [0.5, 0.6) is 0 Å². The van der Waals surface area contributed by atoms with Crippen molar-refractivity contribution in [2.75, 3.05) is 20.2 Å². The van der Waals surface area contributed by atoms with E-state index in [4.69, 9.17) is 4.74 Å². The lowest BCUT2D eigenvalue weighted by molar-refractivity contribution is -0.146. The highest BCUT2D eigenvalue weighted by molar-refractivity contribution is 5.91. The average molecular weight is 428 g/mol. The Kier molecular flexibility index (Phi) is 16.2. The summed E-state index contributed by atoms with van der Waals surface area (Å²) in [6.07, 6.45) is 8.45. The van der Waals surface area contributed by atoms with Crippen molar-refractivity contribution in [1.82, 2.24) is 16.0 Å². The SMILES string of the molecule is CCCCCCCCNCC(=O)N[C@H](C(=O)N[C@@H](CC(C)C)C(=O)OC)[C@@H](C)CC. The summed E-state index contributed by atoms with van der Waals surface area (Å²) >= 11 is 0. The molecule has 176 valence electrons. The molecule has 0 rings (SSSR count). The van der Waals surface area contributed by atoms with Gasteiger partial charge in [-0.1, -0.05) is 73.1 Å². The van der Waals surface area contributed by atoms with Crippen LogP contribution in [0, 0.1) is 11.8 Å². The van der Waals surface area contributed by atoms with E-state index < -0.39 is 18.1 Å². The number of amides is 2. The molecule has 7 nitrogen and oxygen atoms in total. The summed E-state index contributed by atoms with van der Waals surface area (Å²) in [4.78, 5) is 37.2. The van der Waals surface area contributed by atoms with Crippen LogP contribution in [-0.4, -0.2) is 50.1 Å². The monoisotopic (exact) mass is 427 g/mol. The predicted molar refractivity (Wildman–Crippen MR) is 121 cm³/mol. The molecule has 0 aliphatic carbocycles. The topological polar surface area (TPSA) is 96.5 Å². The van der Waals surface area contributed by atoms with Crippen molar-refractivity contribution >= 4 is 17.8 Å². The number of carbonyl (C=O) groups is 3. The Morgan fingerprint density at radius 2 is 1.53 bits per heavy atom. The number of carbonyl (C=O) groups excluding carboxylic acids is 3. The largest absolute Gasteiger partial charge is 0.467 e. The van der Waals surface area contributed by atoms with E-state index in [1.807, 2.05) is 27.7 Å². The summed E-state index contributed by atoms with van der Waals surface area (Å²) in [6.45, 7) is 11.0. The van der Waals surface area contributed by atoms with Crippen LogP contribution in [0.25, 0.3) is 0 Å². The van der Waals surface area contributed by atoms with Gasteiger partial charge in [-0.25, -0.2) is 4.79 Å². The third-order valence-electron chi connectivity index (χ3n) is 5.31. The summed E-state index contributed by atoms with van der Waals surface area (Å²) in [5, 5.41) is 8.76. The first-order valence-corrected chi connectivity index (χ1v) is 11.6. The zero-order valence-electron chi connectivity index (χ0n) is 20.0. The quantitative estimate of drug-likeness (QED) is 0.245. The highest BCUT2D eigenvalue weighted by atomic mass is 16.5. The molecule has 0 unspecified atom stereocenters. The van der Waals surface area contributed by atoms with E-state index >= 15 is 0 Å². The highest BCUT2D eigenvalue weighted by Crippen LogP contribution is 2.11. The van der Waals surface area contributed by atoms with Gasteiger partial charge in [0.25, 0.3) is 0 Å². The Hall–Kier alpha value is -1.63. The van der Waals surface area contributed by atoms with Gasteiger partial charge in [-0.15, -0.1) is 0 Å². The molecule has 0 fully saturated rings. The second kappa shape index (κ2) is 17.1. The van der Waals surface area contributed by atoms with Gasteiger partial charge in [0.1, 0.15) is 12.1 Å². The number of methoxy groups -OCH3 is 1. The fourth-order valence-corrected chi connectivity index (χ4v) is 3.25. The molecule has 3 atom stereocenters. The lowest BCUT2D eigenvalue weighted by Gasteiger charge is -2.26. The van der Waals surface area contributed by atoms with E-state index in [0.29, 0.717) is 6.42 Å². The summed E-state index contributed by atoms with van der Waals surface area (Å²) in [7, 11) is 1.31. The fraction of sp³-hybridized carbons (Fsp3) is 0.870. The zero-order valence-corrected chi connectivity index (χ0v) is 20.0. The Morgan fingerprint density at radius 3 is 2.10 bits per heavy atom. The average Bonchev–Trinajstić information content (AvgIpc) is 2.71. The van der Waals surface area contributed by atoms with Crippen LogP contribution in [0.1, 0.15) is 86.0 Å². The normalized spacial score (nSPS) is 14.1. The molecular weight excluding hydrogens is 382 g/mol. The van der Waals surface area contributed by atoms with Crippen LogP contribution in [-0.2, 0) is 19.1 Å². The van der Waals surface area contributed by atoms with Gasteiger partial charge in [0.15, 0.2) is 0 Å². The second-order valence-corrected chi connectivity index (χ2v) is 8.59. The van der Waals surface area contributed by atoms with Crippen LogP contribution >= 0.6 is 0 Å². The molecule has 0 saturated carbocycles. The molecule has 0 aromatic heterocycles. The maximum atomic E-state index is 12.8. The van der Waals surface area contributed by atoms with Gasteiger partial charge in [-0.3, -0.25) is 9.59 Å². The Bertz CT molecular complexity index is 497. The number of rotatable bonds is 17. The smallest absolute Gasteiger partial charge is 0.328 e. The molecule has 0 spiro atoms. The zero-order chi connectivity index (χ0) is 22.9. The lowest BCUT2D eigenvalue weighted by atomic mass is 9.97. The van der Waals surface area contributed by atoms with Crippen molar-refractivity contribution in [3.8, 4) is 0 Å². The molecular formula is C23H45N3O4. The second-order valence-electron chi connectivity index (χ2n) is 8.59. The van der Waals surface area contributed by atoms with Gasteiger partial charge in [-0.2, -0.15) is 0 Å². The van der Waals surface area contributed by atoms with Gasteiger partial charge in [0.2, 0.25) is 11.8 Å². The molecule has 0 aliphatic rings. The van der Waals surface area contributed by atoms with Crippen molar-refractivity contribution in [2.24, 2.45) is 11.8 Å². The molecule has 2 amide bonds. The van der Waals surface area contributed by atoms with Gasteiger partial charge >= 0.3 is 5.97 Å². The maximum absolute atomic E-state index is 12.8. The number of hydrogen-bond donors (Lipinski definition) is 3. The predicted octanol–water partition coefficient (Wildman–Crippen LogP) is 3.17. The van der Waals surface area contributed by atoms with E-state index in [0.717, 1.165) is 25.8 Å². The van der Waals surface area contributed by atoms with Crippen molar-refractivity contribution < 1.29 is 19.1 Å². The van der Waals surface area contributed by atoms with E-state index in [1.165, 1.54) is 32.8 Å². The third kappa shape index (κ3) is 12.8. The maximum Gasteiger partial charge on any atom is 0.328 e. The molecule has 0 aliphatic heterocycles. The van der Waals surface area contributed by atoms with Gasteiger partial charge in [-0.05, 0) is 31.2 Å². The molecule has 30 heavy (non-hydrogen) atoms. The summed E-state index contributed by atoms with van der Waals surface area (Å²) in [6, 6.07) is -1.39. The van der Waals surface area contributed by atoms with E-state index in [1.54, 1.807) is 0 Å². The molecule has 0 aromatic rings. The standard InChI is InChI=1S/C23H45N3O4/c1-7-9-10-11-12-13-14-24-16-20(27)26-21(18(5)8-2)22(28)25-19(15-17(3)4)23(29)30-6/h17-19,21,24H,7-16H2,1-6H3,(H,25,28)(H,26,27)/t18-,19-,21-/m0/s1. The Labute approximate surface area is 183 Å². The number of hydrogen-bond acceptors (Lipinski definition) is 5. The van der Waals surface area contributed by atoms with Crippen LogP contribution in [0.2, 0.25) is 0 Å². The first kappa shape index (κ1) is 28.4. The molecule has 7 heteroatoms. The summed E-state index contributed by atoms with van der Waals surface area (Å²) in [5.74, 6) is -0.849. The van der Waals surface area contributed by atoms with E-state index in [9.17, 15) is 14.4 Å². The molecule has 3 N–H and O–H groups in total. The molecule has 0 bridgehead atoms. The number of unbranched alkanes of at least 4 members (excludes halogenated alkanes) is 5. The van der Waals surface area contributed by atoms with Crippen LogP contribution in [0.4, 0.5) is 0 Å². The Balaban J connectivity index is 4.59. The van der Waals surface area contributed by atoms with Gasteiger partial charge < -0.3 is 20.7 Å². The first-order valence-electron chi connectivity index (χ1n) is 11.6. The van der Waals surface area contributed by atoms with Crippen LogP contribution < -0.4 is 16.0 Å². The summed E-state index contributed by atoms with van der Waals surface area (Å²) in [5.41, 5.74) is 0. The number of esters is 1. The van der Waals surface area contributed by atoms with Crippen LogP contribution in [0.15, 0.2) is 0 Å². The highest BCUT2D eigenvalue weighted by Gasteiger charge is 2.30. The van der Waals surface area contributed by atoms with Gasteiger partial charge in [0.05, 0.1) is 13.7 Å². The minimum absolute atomic E-state index is 0.0511. The minimum atomic E-state index is -0.711. The fourth-order valence-electron chi connectivity index (χ4n) is 3.25. The molecule has 0 saturated heterocycles. The van der Waals surface area contributed by atoms with Crippen molar-refractivity contribution in [3.05, 3.63) is 0 Å². The summed E-state index contributed by atoms with van der Waals surface area (Å²) < 4.78 is 4.82. The Morgan fingerprint density at radius 1 is 0.900 bits per heavy atom. The van der Waals surface area contributed by atoms with Crippen molar-refractivity contribution in [1.29, 1.82) is 0 Å². The first-order chi connectivity index (χ1) is 14.3. The number of nitrogens with one attached hydrogen (secondary N) is 3. The van der Waals surface area contributed by atoms with E-state index in [2.05, 4.69) is 22.9 Å². The van der Waals surface area contributed by atoms with Crippen molar-refractivity contribution in [2.45, 2.75) is 98.1 Å². The third-order valence-corrected chi connectivity index (χ3v) is 5.31. The van der Waals surface area contributed by atoms with Gasteiger partial charge in [0, 0.05) is 0 Å². The van der Waals surface area contributed by atoms with Crippen LogP contribution in [0.3, 0.4) is 0 Å². The van der Waals surface area contributed by atoms with Crippen molar-refractivity contribution in [3.63, 3.8) is 0 Å². The number of ether oxygens (including phenoxy) is 1.